The monoisotopic (exact) mass is 165 g/mol. The van der Waals surface area contributed by atoms with Crippen molar-refractivity contribution in [3.8, 4) is 11.8 Å². The molecule has 0 rings (SSSR count). The Morgan fingerprint density at radius 3 is 2.67 bits per heavy atom. The molecule has 0 amide bonds. The summed E-state index contributed by atoms with van der Waals surface area (Å²) in [5, 5.41) is 3.35. The molecule has 0 unspecified atom stereocenters. The second-order valence-electron chi connectivity index (χ2n) is 3.00. The van der Waals surface area contributed by atoms with Gasteiger partial charge in [0.2, 0.25) is 0 Å². The van der Waals surface area contributed by atoms with E-state index < -0.39 is 0 Å². The van der Waals surface area contributed by atoms with E-state index in [2.05, 4.69) is 43.2 Å². The molecule has 0 aromatic carbocycles. The summed E-state index contributed by atoms with van der Waals surface area (Å²) in [6.07, 6.45) is 6.29. The predicted octanol–water partition coefficient (Wildman–Crippen LogP) is 2.34. The molecule has 0 aliphatic heterocycles. The lowest BCUT2D eigenvalue weighted by molar-refractivity contribution is 0.595. The first kappa shape index (κ1) is 11.3. The normalized spacial score (nSPS) is 10.3. The van der Waals surface area contributed by atoms with Crippen molar-refractivity contribution in [1.82, 2.24) is 5.32 Å². The van der Waals surface area contributed by atoms with Crippen molar-refractivity contribution < 1.29 is 0 Å². The van der Waals surface area contributed by atoms with Gasteiger partial charge in [-0.25, -0.2) is 0 Å². The molecule has 0 heterocycles. The Morgan fingerprint density at radius 2 is 2.08 bits per heavy atom. The predicted molar refractivity (Wildman–Crippen MR) is 55.0 cm³/mol. The molecule has 0 atom stereocenters. The molecule has 1 nitrogen and oxygen atoms in total. The zero-order valence-corrected chi connectivity index (χ0v) is 8.35. The summed E-state index contributed by atoms with van der Waals surface area (Å²) in [7, 11) is 0. The lowest BCUT2D eigenvalue weighted by Crippen LogP contribution is -2.23. The Labute approximate surface area is 76.2 Å². The van der Waals surface area contributed by atoms with Crippen molar-refractivity contribution in [3.63, 3.8) is 0 Å². The minimum absolute atomic E-state index is 0.592. The van der Waals surface area contributed by atoms with Crippen LogP contribution in [0.3, 0.4) is 0 Å². The number of hydrogen-bond acceptors (Lipinski definition) is 1. The minimum atomic E-state index is 0.592. The lowest BCUT2D eigenvalue weighted by Gasteiger charge is -2.04. The van der Waals surface area contributed by atoms with E-state index in [1.807, 2.05) is 6.92 Å². The van der Waals surface area contributed by atoms with E-state index in [9.17, 15) is 0 Å². The zero-order chi connectivity index (χ0) is 9.23. The van der Waals surface area contributed by atoms with Crippen LogP contribution in [0.5, 0.6) is 0 Å². The van der Waals surface area contributed by atoms with Crippen LogP contribution < -0.4 is 5.32 Å². The first-order valence-corrected chi connectivity index (χ1v) is 4.55. The second-order valence-corrected chi connectivity index (χ2v) is 3.00. The van der Waals surface area contributed by atoms with E-state index in [1.54, 1.807) is 0 Å². The summed E-state index contributed by atoms with van der Waals surface area (Å²) in [4.78, 5) is 0. The Hall–Kier alpha value is -0.740. The Morgan fingerprint density at radius 1 is 1.33 bits per heavy atom. The van der Waals surface area contributed by atoms with E-state index in [0.29, 0.717) is 6.04 Å². The topological polar surface area (TPSA) is 12.0 Å². The SMILES string of the molecule is CC#CCC=CCCNC(C)C. The first-order valence-electron chi connectivity index (χ1n) is 4.55. The maximum absolute atomic E-state index is 3.35. The molecular weight excluding hydrogens is 146 g/mol. The van der Waals surface area contributed by atoms with Gasteiger partial charge in [-0.2, -0.15) is 0 Å². The van der Waals surface area contributed by atoms with Gasteiger partial charge in [-0.15, -0.1) is 5.92 Å². The molecule has 12 heavy (non-hydrogen) atoms. The van der Waals surface area contributed by atoms with Crippen molar-refractivity contribution in [2.24, 2.45) is 0 Å². The van der Waals surface area contributed by atoms with Crippen LogP contribution in [0.2, 0.25) is 0 Å². The highest BCUT2D eigenvalue weighted by Gasteiger charge is 1.87. The first-order chi connectivity index (χ1) is 5.77. The molecule has 68 valence electrons. The molecule has 0 saturated heterocycles. The quantitative estimate of drug-likeness (QED) is 0.374. The van der Waals surface area contributed by atoms with Crippen molar-refractivity contribution >= 4 is 0 Å². The molecule has 0 saturated carbocycles. The van der Waals surface area contributed by atoms with Gasteiger partial charge in [-0.1, -0.05) is 31.9 Å². The van der Waals surface area contributed by atoms with Crippen molar-refractivity contribution in [3.05, 3.63) is 12.2 Å². The van der Waals surface area contributed by atoms with Crippen molar-refractivity contribution in [2.75, 3.05) is 6.54 Å². The van der Waals surface area contributed by atoms with Gasteiger partial charge < -0.3 is 5.32 Å². The van der Waals surface area contributed by atoms with Crippen LogP contribution in [-0.2, 0) is 0 Å². The van der Waals surface area contributed by atoms with E-state index in [0.717, 1.165) is 19.4 Å². The summed E-state index contributed by atoms with van der Waals surface area (Å²) in [5.41, 5.74) is 0. The average molecular weight is 165 g/mol. The van der Waals surface area contributed by atoms with E-state index >= 15 is 0 Å². The fourth-order valence-corrected chi connectivity index (χ4v) is 0.818. The Bertz CT molecular complexity index is 169. The summed E-state index contributed by atoms with van der Waals surface area (Å²) in [6.45, 7) is 7.25. The van der Waals surface area contributed by atoms with Gasteiger partial charge in [-0.3, -0.25) is 0 Å². The molecule has 0 radical (unpaired) electrons. The molecule has 0 spiro atoms. The molecule has 0 aliphatic rings. The largest absolute Gasteiger partial charge is 0.314 e. The zero-order valence-electron chi connectivity index (χ0n) is 8.35. The van der Waals surface area contributed by atoms with E-state index in [-0.39, 0.29) is 0 Å². The summed E-state index contributed by atoms with van der Waals surface area (Å²) < 4.78 is 0. The molecule has 0 aromatic rings. The number of nitrogens with one attached hydrogen (secondary N) is 1. The Kier molecular flexibility index (Phi) is 7.84. The second kappa shape index (κ2) is 8.36. The minimum Gasteiger partial charge on any atom is -0.314 e. The van der Waals surface area contributed by atoms with Gasteiger partial charge in [0.1, 0.15) is 0 Å². The van der Waals surface area contributed by atoms with Gasteiger partial charge in [0, 0.05) is 12.5 Å². The van der Waals surface area contributed by atoms with Crippen LogP contribution in [0, 0.1) is 11.8 Å². The molecule has 0 bridgehead atoms. The molecule has 0 fully saturated rings. The molecular formula is C11H19N. The highest BCUT2D eigenvalue weighted by atomic mass is 14.9. The molecule has 1 N–H and O–H groups in total. The van der Waals surface area contributed by atoms with Gasteiger partial charge in [0.25, 0.3) is 0 Å². The van der Waals surface area contributed by atoms with Crippen molar-refractivity contribution in [1.29, 1.82) is 0 Å². The lowest BCUT2D eigenvalue weighted by atomic mass is 10.3. The van der Waals surface area contributed by atoms with Crippen LogP contribution in [0.25, 0.3) is 0 Å². The van der Waals surface area contributed by atoms with Crippen LogP contribution in [0.15, 0.2) is 12.2 Å². The third-order valence-electron chi connectivity index (χ3n) is 1.43. The van der Waals surface area contributed by atoms with Gasteiger partial charge in [0.05, 0.1) is 0 Å². The van der Waals surface area contributed by atoms with Crippen LogP contribution in [0.1, 0.15) is 33.6 Å². The maximum atomic E-state index is 3.35. The van der Waals surface area contributed by atoms with Crippen molar-refractivity contribution in [2.45, 2.75) is 39.7 Å². The highest BCUT2D eigenvalue weighted by molar-refractivity contribution is 5.02. The Balaban J connectivity index is 3.17. The molecule has 0 aliphatic carbocycles. The van der Waals surface area contributed by atoms with Crippen LogP contribution in [0.4, 0.5) is 0 Å². The van der Waals surface area contributed by atoms with Gasteiger partial charge >= 0.3 is 0 Å². The van der Waals surface area contributed by atoms with Crippen LogP contribution >= 0.6 is 0 Å². The van der Waals surface area contributed by atoms with Gasteiger partial charge in [0.15, 0.2) is 0 Å². The molecule has 1 heteroatoms. The summed E-state index contributed by atoms with van der Waals surface area (Å²) in [5.74, 6) is 5.85. The fraction of sp³-hybridized carbons (Fsp3) is 0.636. The number of hydrogen-bond donors (Lipinski definition) is 1. The van der Waals surface area contributed by atoms with Crippen LogP contribution in [-0.4, -0.2) is 12.6 Å². The average Bonchev–Trinajstić information content (AvgIpc) is 2.02. The third-order valence-corrected chi connectivity index (χ3v) is 1.43. The highest BCUT2D eigenvalue weighted by Crippen LogP contribution is 1.86. The summed E-state index contributed by atoms with van der Waals surface area (Å²) >= 11 is 0. The molecule has 0 aromatic heterocycles. The third kappa shape index (κ3) is 9.26. The number of allylic oxidation sites excluding steroid dienone is 1. The van der Waals surface area contributed by atoms with E-state index in [1.165, 1.54) is 0 Å². The summed E-state index contributed by atoms with van der Waals surface area (Å²) in [6, 6.07) is 0.592. The standard InChI is InChI=1S/C11H19N/c1-4-5-6-7-8-9-10-12-11(2)3/h7-8,11-12H,6,9-10H2,1-3H3. The maximum Gasteiger partial charge on any atom is 0.0269 e. The smallest absolute Gasteiger partial charge is 0.0269 e. The van der Waals surface area contributed by atoms with E-state index in [4.69, 9.17) is 0 Å². The van der Waals surface area contributed by atoms with Gasteiger partial charge in [-0.05, 0) is 19.9 Å². The number of rotatable bonds is 5. The fourth-order valence-electron chi connectivity index (χ4n) is 0.818.